The molecule has 1 rings (SSSR count). The summed E-state index contributed by atoms with van der Waals surface area (Å²) < 4.78 is 17.9. The highest BCUT2D eigenvalue weighted by Gasteiger charge is 2.06. The van der Waals surface area contributed by atoms with E-state index in [1.165, 1.54) is 12.1 Å². The number of carbonyl (C=O) groups excluding carboxylic acids is 1. The normalized spacial score (nSPS) is 10.3. The molecule has 0 radical (unpaired) electrons. The van der Waals surface area contributed by atoms with Crippen LogP contribution in [0.1, 0.15) is 13.8 Å². The summed E-state index contributed by atoms with van der Waals surface area (Å²) in [6, 6.07) is 4.24. The highest BCUT2D eigenvalue weighted by Crippen LogP contribution is 2.18. The van der Waals surface area contributed by atoms with Gasteiger partial charge in [-0.25, -0.2) is 4.39 Å². The third kappa shape index (κ3) is 4.06. The lowest BCUT2D eigenvalue weighted by Crippen LogP contribution is -2.20. The molecule has 1 N–H and O–H groups in total. The number of anilines is 1. The fraction of sp³-hybridized carbons (Fsp3) is 0.364. The molecule has 0 aliphatic heterocycles. The molecular formula is C11H13ClFNO2. The Balaban J connectivity index is 2.48. The molecule has 0 heterocycles. The van der Waals surface area contributed by atoms with E-state index in [0.717, 1.165) is 0 Å². The van der Waals surface area contributed by atoms with Crippen LogP contribution < -0.4 is 5.32 Å². The first-order chi connectivity index (χ1) is 7.49. The molecule has 1 aromatic rings. The maximum Gasteiger partial charge on any atom is 0.325 e. The van der Waals surface area contributed by atoms with Crippen molar-refractivity contribution in [2.75, 3.05) is 11.9 Å². The predicted octanol–water partition coefficient (Wildman–Crippen LogP) is 2.84. The van der Waals surface area contributed by atoms with Crippen molar-refractivity contribution in [1.82, 2.24) is 0 Å². The van der Waals surface area contributed by atoms with Gasteiger partial charge in [-0.3, -0.25) is 4.79 Å². The van der Waals surface area contributed by atoms with Crippen molar-refractivity contribution in [3.63, 3.8) is 0 Å². The molecular weight excluding hydrogens is 233 g/mol. The van der Waals surface area contributed by atoms with Crippen LogP contribution in [-0.4, -0.2) is 18.6 Å². The van der Waals surface area contributed by atoms with E-state index in [-0.39, 0.29) is 23.6 Å². The molecule has 0 unspecified atom stereocenters. The minimum atomic E-state index is -0.524. The van der Waals surface area contributed by atoms with E-state index in [1.54, 1.807) is 19.9 Å². The molecule has 0 aliphatic carbocycles. The lowest BCUT2D eigenvalue weighted by atomic mass is 10.3. The molecule has 0 amide bonds. The lowest BCUT2D eigenvalue weighted by Gasteiger charge is -2.09. The second-order valence-electron chi connectivity index (χ2n) is 3.52. The second-order valence-corrected chi connectivity index (χ2v) is 3.93. The Kier molecular flexibility index (Phi) is 4.55. The average Bonchev–Trinajstić information content (AvgIpc) is 2.19. The van der Waals surface area contributed by atoms with Crippen LogP contribution in [0.3, 0.4) is 0 Å². The van der Waals surface area contributed by atoms with Gasteiger partial charge in [-0.15, -0.1) is 0 Å². The van der Waals surface area contributed by atoms with Crippen LogP contribution in [0.4, 0.5) is 10.1 Å². The molecule has 5 heteroatoms. The van der Waals surface area contributed by atoms with Crippen LogP contribution in [0, 0.1) is 5.82 Å². The fourth-order valence-corrected chi connectivity index (χ4v) is 1.20. The molecule has 3 nitrogen and oxygen atoms in total. The highest BCUT2D eigenvalue weighted by atomic mass is 35.5. The number of benzene rings is 1. The summed E-state index contributed by atoms with van der Waals surface area (Å²) in [5, 5.41) is 2.80. The summed E-state index contributed by atoms with van der Waals surface area (Å²) in [5.41, 5.74) is 0.489. The molecule has 0 bridgehead atoms. The first kappa shape index (κ1) is 12.8. The van der Waals surface area contributed by atoms with Crippen LogP contribution in [0.25, 0.3) is 0 Å². The van der Waals surface area contributed by atoms with E-state index in [1.807, 2.05) is 0 Å². The molecule has 88 valence electrons. The molecule has 0 saturated heterocycles. The molecule has 16 heavy (non-hydrogen) atoms. The van der Waals surface area contributed by atoms with Gasteiger partial charge < -0.3 is 10.1 Å². The van der Waals surface area contributed by atoms with Crippen molar-refractivity contribution in [2.24, 2.45) is 0 Å². The quantitative estimate of drug-likeness (QED) is 0.829. The molecule has 0 aliphatic rings. The molecule has 1 aromatic carbocycles. The Morgan fingerprint density at radius 3 is 2.81 bits per heavy atom. The van der Waals surface area contributed by atoms with Gasteiger partial charge >= 0.3 is 5.97 Å². The van der Waals surface area contributed by atoms with E-state index in [0.29, 0.717) is 5.69 Å². The van der Waals surface area contributed by atoms with Gasteiger partial charge in [0.1, 0.15) is 12.4 Å². The SMILES string of the molecule is CC(C)OC(=O)CNc1ccc(Cl)c(F)c1. The Morgan fingerprint density at radius 2 is 2.25 bits per heavy atom. The topological polar surface area (TPSA) is 38.3 Å². The number of hydrogen-bond acceptors (Lipinski definition) is 3. The third-order valence-corrected chi connectivity index (χ3v) is 2.03. The van der Waals surface area contributed by atoms with Gasteiger partial charge in [0.15, 0.2) is 0 Å². The molecule has 0 saturated carbocycles. The van der Waals surface area contributed by atoms with E-state index in [2.05, 4.69) is 5.32 Å². The summed E-state index contributed by atoms with van der Waals surface area (Å²) in [4.78, 5) is 11.2. The summed E-state index contributed by atoms with van der Waals surface area (Å²) in [6.45, 7) is 3.53. The molecule has 0 fully saturated rings. The zero-order chi connectivity index (χ0) is 12.1. The van der Waals surface area contributed by atoms with Gasteiger partial charge in [0.2, 0.25) is 0 Å². The van der Waals surface area contributed by atoms with Crippen molar-refractivity contribution in [3.05, 3.63) is 29.0 Å². The Hall–Kier alpha value is -1.29. The van der Waals surface area contributed by atoms with E-state index >= 15 is 0 Å². The largest absolute Gasteiger partial charge is 0.462 e. The van der Waals surface area contributed by atoms with Crippen LogP contribution in [0.15, 0.2) is 18.2 Å². The summed E-state index contributed by atoms with van der Waals surface area (Å²) in [5.74, 6) is -0.908. The Bertz CT molecular complexity index is 382. The minimum absolute atomic E-state index is 0.000742. The van der Waals surface area contributed by atoms with E-state index < -0.39 is 5.82 Å². The van der Waals surface area contributed by atoms with Gasteiger partial charge in [0.05, 0.1) is 11.1 Å². The maximum absolute atomic E-state index is 13.0. The zero-order valence-corrected chi connectivity index (χ0v) is 9.84. The average molecular weight is 246 g/mol. The number of rotatable bonds is 4. The number of ether oxygens (including phenoxy) is 1. The summed E-state index contributed by atoms with van der Waals surface area (Å²) in [7, 11) is 0. The summed E-state index contributed by atoms with van der Waals surface area (Å²) in [6.07, 6.45) is -0.156. The third-order valence-electron chi connectivity index (χ3n) is 1.72. The van der Waals surface area contributed by atoms with Gasteiger partial charge in [-0.05, 0) is 32.0 Å². The summed E-state index contributed by atoms with van der Waals surface area (Å²) >= 11 is 5.52. The Labute approximate surface area is 98.5 Å². The molecule has 0 atom stereocenters. The van der Waals surface area contributed by atoms with Crippen molar-refractivity contribution < 1.29 is 13.9 Å². The number of hydrogen-bond donors (Lipinski definition) is 1. The van der Waals surface area contributed by atoms with Crippen molar-refractivity contribution >= 4 is 23.3 Å². The van der Waals surface area contributed by atoms with Crippen molar-refractivity contribution in [3.8, 4) is 0 Å². The lowest BCUT2D eigenvalue weighted by molar-refractivity contribution is -0.145. The smallest absolute Gasteiger partial charge is 0.325 e. The van der Waals surface area contributed by atoms with Gasteiger partial charge in [0.25, 0.3) is 0 Å². The van der Waals surface area contributed by atoms with Crippen LogP contribution in [-0.2, 0) is 9.53 Å². The standard InChI is InChI=1S/C11H13ClFNO2/c1-7(2)16-11(15)6-14-8-3-4-9(12)10(13)5-8/h3-5,7,14H,6H2,1-2H3. The fourth-order valence-electron chi connectivity index (χ4n) is 1.08. The number of esters is 1. The molecule has 0 spiro atoms. The van der Waals surface area contributed by atoms with E-state index in [4.69, 9.17) is 16.3 Å². The minimum Gasteiger partial charge on any atom is -0.462 e. The number of carbonyl (C=O) groups is 1. The van der Waals surface area contributed by atoms with Crippen molar-refractivity contribution in [2.45, 2.75) is 20.0 Å². The Morgan fingerprint density at radius 1 is 1.56 bits per heavy atom. The van der Waals surface area contributed by atoms with E-state index in [9.17, 15) is 9.18 Å². The first-order valence-corrected chi connectivity index (χ1v) is 5.25. The van der Waals surface area contributed by atoms with Crippen molar-refractivity contribution in [1.29, 1.82) is 0 Å². The predicted molar refractivity (Wildman–Crippen MR) is 61.1 cm³/mol. The number of nitrogens with one attached hydrogen (secondary N) is 1. The van der Waals surface area contributed by atoms with Gasteiger partial charge in [-0.2, -0.15) is 0 Å². The monoisotopic (exact) mass is 245 g/mol. The van der Waals surface area contributed by atoms with Gasteiger partial charge in [-0.1, -0.05) is 11.6 Å². The molecule has 0 aromatic heterocycles. The van der Waals surface area contributed by atoms with Crippen LogP contribution >= 0.6 is 11.6 Å². The maximum atomic E-state index is 13.0. The second kappa shape index (κ2) is 5.70. The highest BCUT2D eigenvalue weighted by molar-refractivity contribution is 6.30. The number of halogens is 2. The van der Waals surface area contributed by atoms with Crippen LogP contribution in [0.2, 0.25) is 5.02 Å². The first-order valence-electron chi connectivity index (χ1n) is 4.87. The van der Waals surface area contributed by atoms with Gasteiger partial charge in [0, 0.05) is 5.69 Å². The van der Waals surface area contributed by atoms with Crippen LogP contribution in [0.5, 0.6) is 0 Å². The zero-order valence-electron chi connectivity index (χ0n) is 9.09.